The summed E-state index contributed by atoms with van der Waals surface area (Å²) in [4.78, 5) is 0. The molecule has 3 heteroatoms. The van der Waals surface area contributed by atoms with Crippen LogP contribution in [-0.2, 0) is 12.8 Å². The molecule has 0 fully saturated rings. The van der Waals surface area contributed by atoms with Crippen molar-refractivity contribution in [2.45, 2.75) is 32.2 Å². The molecule has 0 spiro atoms. The van der Waals surface area contributed by atoms with Gasteiger partial charge in [-0.05, 0) is 31.7 Å². The number of hydrogen-bond donors (Lipinski definition) is 2. The van der Waals surface area contributed by atoms with Crippen molar-refractivity contribution >= 4 is 0 Å². The number of hydrogen-bond acceptors (Lipinski definition) is 2. The van der Waals surface area contributed by atoms with E-state index in [1.165, 1.54) is 17.7 Å². The van der Waals surface area contributed by atoms with Gasteiger partial charge in [0, 0.05) is 11.7 Å². The maximum atomic E-state index is 5.75. The number of nitrogens with two attached hydrogens (primary N) is 1. The molecule has 0 bridgehead atoms. The van der Waals surface area contributed by atoms with Gasteiger partial charge < -0.3 is 5.73 Å². The average molecular weight is 151 g/mol. The molecule has 1 aromatic heterocycles. The third-order valence-corrected chi connectivity index (χ3v) is 2.27. The van der Waals surface area contributed by atoms with Crippen molar-refractivity contribution < 1.29 is 0 Å². The number of nitrogens with one attached hydrogen (secondary N) is 1. The molecule has 1 unspecified atom stereocenters. The lowest BCUT2D eigenvalue weighted by Crippen LogP contribution is -2.07. The minimum Gasteiger partial charge on any atom is -0.323 e. The van der Waals surface area contributed by atoms with Crippen LogP contribution in [0.5, 0.6) is 0 Å². The molecular weight excluding hydrogens is 138 g/mol. The SMILES string of the molecule is CC(N)c1n[nH]c2c1CCC2. The molecule has 1 atom stereocenters. The third-order valence-electron chi connectivity index (χ3n) is 2.27. The first kappa shape index (κ1) is 6.85. The number of aryl methyl sites for hydroxylation is 1. The van der Waals surface area contributed by atoms with Crippen LogP contribution < -0.4 is 5.73 Å². The molecule has 0 saturated carbocycles. The highest BCUT2D eigenvalue weighted by Crippen LogP contribution is 2.25. The van der Waals surface area contributed by atoms with Crippen LogP contribution in [0, 0.1) is 0 Å². The number of nitrogens with zero attached hydrogens (tertiary/aromatic N) is 1. The van der Waals surface area contributed by atoms with E-state index in [4.69, 9.17) is 5.73 Å². The summed E-state index contributed by atoms with van der Waals surface area (Å²) in [6.07, 6.45) is 3.56. The fourth-order valence-electron chi connectivity index (χ4n) is 1.72. The summed E-state index contributed by atoms with van der Waals surface area (Å²) in [5.41, 5.74) is 9.49. The minimum atomic E-state index is 0.0769. The Morgan fingerprint density at radius 3 is 3.09 bits per heavy atom. The molecule has 0 radical (unpaired) electrons. The summed E-state index contributed by atoms with van der Waals surface area (Å²) in [6.45, 7) is 1.98. The van der Waals surface area contributed by atoms with Gasteiger partial charge in [-0.3, -0.25) is 5.10 Å². The van der Waals surface area contributed by atoms with Gasteiger partial charge in [0.1, 0.15) is 0 Å². The van der Waals surface area contributed by atoms with E-state index in [1.54, 1.807) is 0 Å². The Labute approximate surface area is 66.0 Å². The van der Waals surface area contributed by atoms with Gasteiger partial charge >= 0.3 is 0 Å². The van der Waals surface area contributed by atoms with Crippen LogP contribution in [0.2, 0.25) is 0 Å². The number of aromatic nitrogens is 2. The lowest BCUT2D eigenvalue weighted by Gasteiger charge is -2.01. The molecule has 11 heavy (non-hydrogen) atoms. The summed E-state index contributed by atoms with van der Waals surface area (Å²) in [6, 6.07) is 0.0769. The van der Waals surface area contributed by atoms with E-state index in [1.807, 2.05) is 6.92 Å². The van der Waals surface area contributed by atoms with Crippen LogP contribution in [0.4, 0.5) is 0 Å². The predicted octanol–water partition coefficient (Wildman–Crippen LogP) is 0.918. The van der Waals surface area contributed by atoms with Crippen molar-refractivity contribution in [2.75, 3.05) is 0 Å². The molecule has 0 saturated heterocycles. The van der Waals surface area contributed by atoms with Crippen LogP contribution in [-0.4, -0.2) is 10.2 Å². The summed E-state index contributed by atoms with van der Waals surface area (Å²) in [5.74, 6) is 0. The van der Waals surface area contributed by atoms with Crippen LogP contribution in [0.15, 0.2) is 0 Å². The normalized spacial score (nSPS) is 18.4. The van der Waals surface area contributed by atoms with Crippen molar-refractivity contribution in [1.82, 2.24) is 10.2 Å². The van der Waals surface area contributed by atoms with Gasteiger partial charge in [-0.2, -0.15) is 5.10 Å². The van der Waals surface area contributed by atoms with Crippen molar-refractivity contribution in [3.05, 3.63) is 17.0 Å². The predicted molar refractivity (Wildman–Crippen MR) is 43.2 cm³/mol. The maximum Gasteiger partial charge on any atom is 0.0821 e. The Morgan fingerprint density at radius 1 is 1.55 bits per heavy atom. The Balaban J connectivity index is 2.42. The second kappa shape index (κ2) is 2.34. The standard InChI is InChI=1S/C8H13N3/c1-5(9)8-6-3-2-4-7(6)10-11-8/h5H,2-4,9H2,1H3,(H,10,11). The monoisotopic (exact) mass is 151 g/mol. The van der Waals surface area contributed by atoms with Crippen molar-refractivity contribution in [1.29, 1.82) is 0 Å². The van der Waals surface area contributed by atoms with Gasteiger partial charge in [0.2, 0.25) is 0 Å². The van der Waals surface area contributed by atoms with Gasteiger partial charge in [0.15, 0.2) is 0 Å². The summed E-state index contributed by atoms with van der Waals surface area (Å²) in [7, 11) is 0. The van der Waals surface area contributed by atoms with Crippen LogP contribution in [0.1, 0.15) is 36.3 Å². The first-order valence-corrected chi connectivity index (χ1v) is 4.10. The molecule has 2 rings (SSSR count). The van der Waals surface area contributed by atoms with Crippen LogP contribution >= 0.6 is 0 Å². The number of rotatable bonds is 1. The molecule has 0 aromatic carbocycles. The molecular formula is C8H13N3. The molecule has 1 aromatic rings. The first-order chi connectivity index (χ1) is 5.29. The lowest BCUT2D eigenvalue weighted by molar-refractivity contribution is 0.745. The molecule has 0 aliphatic heterocycles. The number of fused-ring (bicyclic) bond motifs is 1. The maximum absolute atomic E-state index is 5.75. The third kappa shape index (κ3) is 0.959. The van der Waals surface area contributed by atoms with Crippen molar-refractivity contribution in [2.24, 2.45) is 5.73 Å². The first-order valence-electron chi connectivity index (χ1n) is 4.10. The molecule has 60 valence electrons. The number of aromatic amines is 1. The molecule has 3 N–H and O–H groups in total. The van der Waals surface area contributed by atoms with Crippen LogP contribution in [0.3, 0.4) is 0 Å². The Hall–Kier alpha value is -0.830. The van der Waals surface area contributed by atoms with Crippen molar-refractivity contribution in [3.63, 3.8) is 0 Å². The zero-order valence-corrected chi connectivity index (χ0v) is 6.72. The van der Waals surface area contributed by atoms with Gasteiger partial charge in [-0.25, -0.2) is 0 Å². The fraction of sp³-hybridized carbons (Fsp3) is 0.625. The van der Waals surface area contributed by atoms with Gasteiger partial charge in [0.25, 0.3) is 0 Å². The van der Waals surface area contributed by atoms with Gasteiger partial charge in [-0.1, -0.05) is 0 Å². The smallest absolute Gasteiger partial charge is 0.0821 e. The van der Waals surface area contributed by atoms with Crippen LogP contribution in [0.25, 0.3) is 0 Å². The second-order valence-corrected chi connectivity index (χ2v) is 3.21. The Bertz CT molecular complexity index is 262. The average Bonchev–Trinajstić information content (AvgIpc) is 2.41. The highest BCUT2D eigenvalue weighted by molar-refractivity contribution is 5.30. The highest BCUT2D eigenvalue weighted by Gasteiger charge is 2.19. The van der Waals surface area contributed by atoms with E-state index in [9.17, 15) is 0 Å². The molecule has 1 aliphatic rings. The molecule has 0 amide bonds. The minimum absolute atomic E-state index is 0.0769. The highest BCUT2D eigenvalue weighted by atomic mass is 15.1. The lowest BCUT2D eigenvalue weighted by atomic mass is 10.1. The van der Waals surface area contributed by atoms with Crippen molar-refractivity contribution in [3.8, 4) is 0 Å². The van der Waals surface area contributed by atoms with E-state index in [2.05, 4.69) is 10.2 Å². The van der Waals surface area contributed by atoms with E-state index < -0.39 is 0 Å². The topological polar surface area (TPSA) is 54.7 Å². The molecule has 3 nitrogen and oxygen atoms in total. The molecule has 1 aliphatic carbocycles. The van der Waals surface area contributed by atoms with Gasteiger partial charge in [-0.15, -0.1) is 0 Å². The summed E-state index contributed by atoms with van der Waals surface area (Å²) < 4.78 is 0. The van der Waals surface area contributed by atoms with E-state index in [0.29, 0.717) is 0 Å². The summed E-state index contributed by atoms with van der Waals surface area (Å²) >= 11 is 0. The molecule has 1 heterocycles. The largest absolute Gasteiger partial charge is 0.323 e. The Morgan fingerprint density at radius 2 is 2.36 bits per heavy atom. The second-order valence-electron chi connectivity index (χ2n) is 3.21. The fourth-order valence-corrected chi connectivity index (χ4v) is 1.72. The quantitative estimate of drug-likeness (QED) is 0.627. The Kier molecular flexibility index (Phi) is 1.46. The zero-order valence-electron chi connectivity index (χ0n) is 6.72. The zero-order chi connectivity index (χ0) is 7.84. The van der Waals surface area contributed by atoms with E-state index in [0.717, 1.165) is 18.5 Å². The number of H-pyrrole nitrogens is 1. The van der Waals surface area contributed by atoms with E-state index in [-0.39, 0.29) is 6.04 Å². The summed E-state index contributed by atoms with van der Waals surface area (Å²) in [5, 5.41) is 7.22. The van der Waals surface area contributed by atoms with Gasteiger partial charge in [0.05, 0.1) is 5.69 Å². The van der Waals surface area contributed by atoms with E-state index >= 15 is 0 Å².